The number of anilines is 1. The van der Waals surface area contributed by atoms with Gasteiger partial charge in [0.15, 0.2) is 0 Å². The SMILES string of the molecule is CCN(CC1CCCCN1)c1ccc(C(F)(F)F)cc1Br. The Labute approximate surface area is 131 Å². The number of nitrogens with zero attached hydrogens (tertiary/aromatic N) is 1. The summed E-state index contributed by atoms with van der Waals surface area (Å²) >= 11 is 3.28. The Bertz CT molecular complexity index is 470. The molecule has 0 amide bonds. The maximum absolute atomic E-state index is 12.7. The number of benzene rings is 1. The van der Waals surface area contributed by atoms with Crippen LogP contribution < -0.4 is 10.2 Å². The summed E-state index contributed by atoms with van der Waals surface area (Å²) in [4.78, 5) is 2.12. The lowest BCUT2D eigenvalue weighted by Crippen LogP contribution is -2.43. The van der Waals surface area contributed by atoms with E-state index < -0.39 is 11.7 Å². The zero-order valence-corrected chi connectivity index (χ0v) is 13.6. The van der Waals surface area contributed by atoms with Crippen molar-refractivity contribution in [2.45, 2.75) is 38.4 Å². The highest BCUT2D eigenvalue weighted by atomic mass is 79.9. The van der Waals surface area contributed by atoms with Gasteiger partial charge in [-0.2, -0.15) is 13.2 Å². The van der Waals surface area contributed by atoms with Crippen molar-refractivity contribution in [2.75, 3.05) is 24.5 Å². The highest BCUT2D eigenvalue weighted by Gasteiger charge is 2.31. The molecular weight excluding hydrogens is 345 g/mol. The first-order chi connectivity index (χ1) is 9.91. The fourth-order valence-electron chi connectivity index (χ4n) is 2.68. The molecule has 0 aromatic heterocycles. The molecule has 0 aliphatic carbocycles. The van der Waals surface area contributed by atoms with Gasteiger partial charge >= 0.3 is 6.18 Å². The number of hydrogen-bond donors (Lipinski definition) is 1. The van der Waals surface area contributed by atoms with Crippen LogP contribution in [0.3, 0.4) is 0 Å². The molecule has 1 saturated heterocycles. The minimum Gasteiger partial charge on any atom is -0.369 e. The van der Waals surface area contributed by atoms with Crippen molar-refractivity contribution < 1.29 is 13.2 Å². The van der Waals surface area contributed by atoms with Gasteiger partial charge in [-0.15, -0.1) is 0 Å². The smallest absolute Gasteiger partial charge is 0.369 e. The lowest BCUT2D eigenvalue weighted by molar-refractivity contribution is -0.137. The first-order valence-electron chi connectivity index (χ1n) is 7.27. The summed E-state index contributed by atoms with van der Waals surface area (Å²) in [6.45, 7) is 4.63. The van der Waals surface area contributed by atoms with Crippen LogP contribution in [0.4, 0.5) is 18.9 Å². The second kappa shape index (κ2) is 7.01. The van der Waals surface area contributed by atoms with Crippen molar-refractivity contribution in [1.82, 2.24) is 5.32 Å². The van der Waals surface area contributed by atoms with E-state index in [9.17, 15) is 13.2 Å². The predicted molar refractivity (Wildman–Crippen MR) is 82.7 cm³/mol. The van der Waals surface area contributed by atoms with Gasteiger partial charge in [0.25, 0.3) is 0 Å². The van der Waals surface area contributed by atoms with E-state index >= 15 is 0 Å². The molecule has 118 valence electrons. The van der Waals surface area contributed by atoms with Gasteiger partial charge < -0.3 is 10.2 Å². The minimum absolute atomic E-state index is 0.410. The number of likely N-dealkylation sites (N-methyl/N-ethyl adjacent to an activating group) is 1. The Kier molecular flexibility index (Phi) is 5.54. The van der Waals surface area contributed by atoms with Crippen LogP contribution in [0.25, 0.3) is 0 Å². The van der Waals surface area contributed by atoms with E-state index in [2.05, 4.69) is 26.1 Å². The van der Waals surface area contributed by atoms with Crippen LogP contribution in [0.2, 0.25) is 0 Å². The molecule has 1 N–H and O–H groups in total. The number of halogens is 4. The molecule has 0 radical (unpaired) electrons. The van der Waals surface area contributed by atoms with Crippen LogP contribution in [-0.2, 0) is 6.18 Å². The molecule has 1 atom stereocenters. The maximum Gasteiger partial charge on any atom is 0.416 e. The van der Waals surface area contributed by atoms with E-state index in [0.29, 0.717) is 10.5 Å². The molecule has 1 aromatic carbocycles. The molecule has 1 aromatic rings. The second-order valence-corrected chi connectivity index (χ2v) is 6.20. The van der Waals surface area contributed by atoms with Gasteiger partial charge in [0.1, 0.15) is 0 Å². The van der Waals surface area contributed by atoms with Crippen LogP contribution in [0.5, 0.6) is 0 Å². The van der Waals surface area contributed by atoms with E-state index in [0.717, 1.165) is 43.9 Å². The topological polar surface area (TPSA) is 15.3 Å². The lowest BCUT2D eigenvalue weighted by atomic mass is 10.0. The number of piperidine rings is 1. The molecule has 0 bridgehead atoms. The first-order valence-corrected chi connectivity index (χ1v) is 8.06. The fourth-order valence-corrected chi connectivity index (χ4v) is 3.31. The van der Waals surface area contributed by atoms with Crippen molar-refractivity contribution in [2.24, 2.45) is 0 Å². The van der Waals surface area contributed by atoms with Crippen molar-refractivity contribution >= 4 is 21.6 Å². The highest BCUT2D eigenvalue weighted by Crippen LogP contribution is 2.35. The minimum atomic E-state index is -4.30. The normalized spacial score (nSPS) is 19.6. The average molecular weight is 365 g/mol. The van der Waals surface area contributed by atoms with Crippen LogP contribution in [0, 0.1) is 0 Å². The van der Waals surface area contributed by atoms with Gasteiger partial charge in [0.05, 0.1) is 11.3 Å². The van der Waals surface area contributed by atoms with Gasteiger partial charge in [-0.3, -0.25) is 0 Å². The van der Waals surface area contributed by atoms with E-state index in [4.69, 9.17) is 0 Å². The monoisotopic (exact) mass is 364 g/mol. The quantitative estimate of drug-likeness (QED) is 0.849. The van der Waals surface area contributed by atoms with Crippen LogP contribution in [-0.4, -0.2) is 25.7 Å². The van der Waals surface area contributed by atoms with Crippen LogP contribution in [0.15, 0.2) is 22.7 Å². The number of hydrogen-bond acceptors (Lipinski definition) is 2. The molecule has 1 aliphatic heterocycles. The van der Waals surface area contributed by atoms with E-state index in [1.54, 1.807) is 6.07 Å². The summed E-state index contributed by atoms with van der Waals surface area (Å²) in [5, 5.41) is 3.47. The van der Waals surface area contributed by atoms with E-state index in [1.807, 2.05) is 6.92 Å². The predicted octanol–water partition coefficient (Wildman–Crippen LogP) is 4.44. The third-order valence-electron chi connectivity index (χ3n) is 3.85. The zero-order valence-electron chi connectivity index (χ0n) is 12.0. The number of rotatable bonds is 4. The van der Waals surface area contributed by atoms with Gasteiger partial charge in [-0.25, -0.2) is 0 Å². The third-order valence-corrected chi connectivity index (χ3v) is 4.49. The largest absolute Gasteiger partial charge is 0.416 e. The summed E-state index contributed by atoms with van der Waals surface area (Å²) in [7, 11) is 0. The van der Waals surface area contributed by atoms with Crippen LogP contribution >= 0.6 is 15.9 Å². The molecule has 2 rings (SSSR count). The second-order valence-electron chi connectivity index (χ2n) is 5.35. The van der Waals surface area contributed by atoms with Gasteiger partial charge in [-0.05, 0) is 60.4 Å². The summed E-state index contributed by atoms with van der Waals surface area (Å²) in [5.74, 6) is 0. The van der Waals surface area contributed by atoms with Crippen molar-refractivity contribution in [3.05, 3.63) is 28.2 Å². The number of alkyl halides is 3. The summed E-state index contributed by atoms with van der Waals surface area (Å²) < 4.78 is 38.6. The molecule has 2 nitrogen and oxygen atoms in total. The molecule has 1 heterocycles. The molecule has 1 aliphatic rings. The maximum atomic E-state index is 12.7. The summed E-state index contributed by atoms with van der Waals surface area (Å²) in [6.07, 6.45) is -0.770. The molecule has 1 fully saturated rings. The Balaban J connectivity index is 2.14. The highest BCUT2D eigenvalue weighted by molar-refractivity contribution is 9.10. The number of nitrogens with one attached hydrogen (secondary N) is 1. The molecule has 0 spiro atoms. The van der Waals surface area contributed by atoms with Crippen LogP contribution in [0.1, 0.15) is 31.7 Å². The van der Waals surface area contributed by atoms with Gasteiger partial charge in [0, 0.05) is 23.6 Å². The zero-order chi connectivity index (χ0) is 15.5. The standard InChI is InChI=1S/C15H20BrF3N2/c1-2-21(10-12-5-3-4-8-20-12)14-7-6-11(9-13(14)16)15(17,18)19/h6-7,9,12,20H,2-5,8,10H2,1H3. The first kappa shape index (κ1) is 16.6. The molecule has 0 saturated carbocycles. The Morgan fingerprint density at radius 2 is 2.10 bits per heavy atom. The molecule has 21 heavy (non-hydrogen) atoms. The van der Waals surface area contributed by atoms with E-state index in [1.165, 1.54) is 12.8 Å². The fraction of sp³-hybridized carbons (Fsp3) is 0.600. The molecule has 6 heteroatoms. The average Bonchev–Trinajstić information content (AvgIpc) is 2.45. The lowest BCUT2D eigenvalue weighted by Gasteiger charge is -2.32. The van der Waals surface area contributed by atoms with Crippen molar-refractivity contribution in [3.8, 4) is 0 Å². The van der Waals surface area contributed by atoms with E-state index in [-0.39, 0.29) is 0 Å². The Hall–Kier alpha value is -0.750. The Morgan fingerprint density at radius 1 is 1.33 bits per heavy atom. The molecular formula is C15H20BrF3N2. The van der Waals surface area contributed by atoms with Gasteiger partial charge in [-0.1, -0.05) is 6.42 Å². The van der Waals surface area contributed by atoms with Gasteiger partial charge in [0.2, 0.25) is 0 Å². The van der Waals surface area contributed by atoms with Crippen molar-refractivity contribution in [3.63, 3.8) is 0 Å². The third kappa shape index (κ3) is 4.36. The Morgan fingerprint density at radius 3 is 2.62 bits per heavy atom. The summed E-state index contributed by atoms with van der Waals surface area (Å²) in [6, 6.07) is 4.27. The van der Waals surface area contributed by atoms with Crippen molar-refractivity contribution in [1.29, 1.82) is 0 Å². The molecule has 1 unspecified atom stereocenters. The summed E-state index contributed by atoms with van der Waals surface area (Å²) in [5.41, 5.74) is 0.197.